The van der Waals surface area contributed by atoms with Crippen molar-refractivity contribution >= 4 is 21.5 Å². The van der Waals surface area contributed by atoms with Crippen LogP contribution in [0, 0.1) is 10.1 Å². The molecule has 1 unspecified atom stereocenters. The zero-order chi connectivity index (χ0) is 12.3. The maximum Gasteiger partial charge on any atom is 0.345 e. The van der Waals surface area contributed by atoms with Gasteiger partial charge in [0.05, 0.1) is 4.92 Å². The van der Waals surface area contributed by atoms with Gasteiger partial charge in [0.2, 0.25) is 0 Å². The molecular formula is C10H16N4O2S. The van der Waals surface area contributed by atoms with E-state index in [0.717, 1.165) is 48.9 Å². The fourth-order valence-corrected chi connectivity index (χ4v) is 2.88. The van der Waals surface area contributed by atoms with Crippen molar-refractivity contribution in [1.29, 1.82) is 0 Å². The van der Waals surface area contributed by atoms with E-state index in [2.05, 4.69) is 22.1 Å². The van der Waals surface area contributed by atoms with Crippen LogP contribution in [0.4, 0.5) is 10.1 Å². The van der Waals surface area contributed by atoms with Crippen molar-refractivity contribution < 1.29 is 4.92 Å². The van der Waals surface area contributed by atoms with Gasteiger partial charge in [0.15, 0.2) is 5.13 Å². The Morgan fingerprint density at radius 3 is 3.12 bits per heavy atom. The van der Waals surface area contributed by atoms with Crippen LogP contribution in [0.15, 0.2) is 6.20 Å². The Morgan fingerprint density at radius 2 is 2.59 bits per heavy atom. The summed E-state index contributed by atoms with van der Waals surface area (Å²) in [6.07, 6.45) is 3.45. The molecule has 0 saturated carbocycles. The third-order valence-corrected chi connectivity index (χ3v) is 3.83. The highest BCUT2D eigenvalue weighted by Crippen LogP contribution is 2.30. The molecular weight excluding hydrogens is 240 g/mol. The summed E-state index contributed by atoms with van der Waals surface area (Å²) < 4.78 is 0. The Balaban J connectivity index is 2.15. The summed E-state index contributed by atoms with van der Waals surface area (Å²) >= 11 is 1.16. The van der Waals surface area contributed by atoms with E-state index < -0.39 is 0 Å². The Labute approximate surface area is 104 Å². The molecule has 0 radical (unpaired) electrons. The summed E-state index contributed by atoms with van der Waals surface area (Å²) in [6.45, 7) is 4.96. The molecule has 0 aromatic carbocycles. The first kappa shape index (κ1) is 12.3. The Morgan fingerprint density at radius 1 is 1.76 bits per heavy atom. The van der Waals surface area contributed by atoms with Gasteiger partial charge in [-0.1, -0.05) is 6.92 Å². The van der Waals surface area contributed by atoms with E-state index in [-0.39, 0.29) is 9.92 Å². The number of nitrogens with zero attached hydrogens (tertiary/aromatic N) is 3. The van der Waals surface area contributed by atoms with Crippen LogP contribution < -0.4 is 10.2 Å². The van der Waals surface area contributed by atoms with Crippen LogP contribution >= 0.6 is 11.3 Å². The third kappa shape index (κ3) is 2.73. The molecule has 2 heterocycles. The smallest absolute Gasteiger partial charge is 0.344 e. The molecule has 1 aliphatic heterocycles. The van der Waals surface area contributed by atoms with E-state index in [4.69, 9.17) is 0 Å². The standard InChI is InChI=1S/C10H16N4O2S/c1-2-5-13(8-3-4-11-6-8)10-12-7-9(17-10)14(15)16/h7-8,11H,2-6H2,1H3. The van der Waals surface area contributed by atoms with E-state index >= 15 is 0 Å². The number of thiazole rings is 1. The van der Waals surface area contributed by atoms with Crippen molar-refractivity contribution in [3.8, 4) is 0 Å². The number of hydrogen-bond acceptors (Lipinski definition) is 6. The number of anilines is 1. The van der Waals surface area contributed by atoms with Crippen LogP contribution in [-0.2, 0) is 0 Å². The van der Waals surface area contributed by atoms with Crippen molar-refractivity contribution in [3.05, 3.63) is 16.3 Å². The fraction of sp³-hybridized carbons (Fsp3) is 0.700. The van der Waals surface area contributed by atoms with Crippen LogP contribution in [0.1, 0.15) is 19.8 Å². The molecule has 1 fully saturated rings. The predicted octanol–water partition coefficient (Wildman–Crippen LogP) is 1.63. The van der Waals surface area contributed by atoms with Gasteiger partial charge < -0.3 is 10.2 Å². The van der Waals surface area contributed by atoms with Gasteiger partial charge in [0, 0.05) is 19.1 Å². The van der Waals surface area contributed by atoms with Crippen molar-refractivity contribution in [2.45, 2.75) is 25.8 Å². The summed E-state index contributed by atoms with van der Waals surface area (Å²) in [6, 6.07) is 0.417. The molecule has 17 heavy (non-hydrogen) atoms. The van der Waals surface area contributed by atoms with Gasteiger partial charge in [0.1, 0.15) is 6.20 Å². The van der Waals surface area contributed by atoms with Crippen LogP contribution in [0.3, 0.4) is 0 Å². The van der Waals surface area contributed by atoms with Gasteiger partial charge in [-0.05, 0) is 30.7 Å². The minimum absolute atomic E-state index is 0.118. The molecule has 0 bridgehead atoms. The number of nitrogens with one attached hydrogen (secondary N) is 1. The van der Waals surface area contributed by atoms with Crippen molar-refractivity contribution in [3.63, 3.8) is 0 Å². The molecule has 0 aliphatic carbocycles. The van der Waals surface area contributed by atoms with Crippen molar-refractivity contribution in [2.75, 3.05) is 24.5 Å². The molecule has 7 heteroatoms. The molecule has 0 spiro atoms. The highest BCUT2D eigenvalue weighted by Gasteiger charge is 2.25. The van der Waals surface area contributed by atoms with Crippen LogP contribution in [0.2, 0.25) is 0 Å². The third-order valence-electron chi connectivity index (χ3n) is 2.85. The van der Waals surface area contributed by atoms with Gasteiger partial charge >= 0.3 is 5.00 Å². The van der Waals surface area contributed by atoms with Crippen LogP contribution in [0.5, 0.6) is 0 Å². The highest BCUT2D eigenvalue weighted by atomic mass is 32.1. The van der Waals surface area contributed by atoms with Gasteiger partial charge in [0.25, 0.3) is 0 Å². The second-order valence-corrected chi connectivity index (χ2v) is 5.07. The lowest BCUT2D eigenvalue weighted by Gasteiger charge is -2.27. The lowest BCUT2D eigenvalue weighted by molar-refractivity contribution is -0.380. The van der Waals surface area contributed by atoms with E-state index in [1.54, 1.807) is 0 Å². The minimum Gasteiger partial charge on any atom is -0.344 e. The van der Waals surface area contributed by atoms with Crippen molar-refractivity contribution in [2.24, 2.45) is 0 Å². The SMILES string of the molecule is CCCN(c1ncc([N+](=O)[O-])s1)C1CCNC1. The predicted molar refractivity (Wildman–Crippen MR) is 67.7 cm³/mol. The first-order valence-electron chi connectivity index (χ1n) is 5.80. The number of aromatic nitrogens is 1. The van der Waals surface area contributed by atoms with Crippen molar-refractivity contribution in [1.82, 2.24) is 10.3 Å². The lowest BCUT2D eigenvalue weighted by Crippen LogP contribution is -2.37. The second-order valence-electron chi connectivity index (χ2n) is 4.08. The number of hydrogen-bond donors (Lipinski definition) is 1. The van der Waals surface area contributed by atoms with Gasteiger partial charge in [-0.25, -0.2) is 4.98 Å². The average molecular weight is 256 g/mol. The normalized spacial score (nSPS) is 19.5. The molecule has 6 nitrogen and oxygen atoms in total. The molecule has 0 amide bonds. The van der Waals surface area contributed by atoms with E-state index in [1.807, 2.05) is 0 Å². The minimum atomic E-state index is -0.377. The zero-order valence-electron chi connectivity index (χ0n) is 9.76. The molecule has 2 rings (SSSR count). The Hall–Kier alpha value is -1.21. The number of rotatable bonds is 5. The molecule has 94 valence electrons. The molecule has 1 aromatic heterocycles. The molecule has 1 aromatic rings. The topological polar surface area (TPSA) is 71.3 Å². The molecule has 1 aliphatic rings. The number of nitro groups is 1. The monoisotopic (exact) mass is 256 g/mol. The van der Waals surface area contributed by atoms with Gasteiger partial charge in [-0.3, -0.25) is 10.1 Å². The van der Waals surface area contributed by atoms with E-state index in [9.17, 15) is 10.1 Å². The molecule has 1 N–H and O–H groups in total. The summed E-state index contributed by atoms with van der Waals surface area (Å²) in [7, 11) is 0. The van der Waals surface area contributed by atoms with Gasteiger partial charge in [-0.15, -0.1) is 0 Å². The summed E-state index contributed by atoms with van der Waals surface area (Å²) in [4.78, 5) is 16.7. The van der Waals surface area contributed by atoms with E-state index in [1.165, 1.54) is 6.20 Å². The maximum atomic E-state index is 10.7. The lowest BCUT2D eigenvalue weighted by atomic mass is 10.2. The van der Waals surface area contributed by atoms with Crippen LogP contribution in [0.25, 0.3) is 0 Å². The van der Waals surface area contributed by atoms with Gasteiger partial charge in [-0.2, -0.15) is 0 Å². The second kappa shape index (κ2) is 5.42. The highest BCUT2D eigenvalue weighted by molar-refractivity contribution is 7.18. The molecule has 1 saturated heterocycles. The summed E-state index contributed by atoms with van der Waals surface area (Å²) in [5, 5.41) is 14.9. The first-order valence-corrected chi connectivity index (χ1v) is 6.61. The zero-order valence-corrected chi connectivity index (χ0v) is 10.6. The van der Waals surface area contributed by atoms with E-state index in [0.29, 0.717) is 6.04 Å². The maximum absolute atomic E-state index is 10.7. The largest absolute Gasteiger partial charge is 0.345 e. The average Bonchev–Trinajstić information content (AvgIpc) is 2.97. The quantitative estimate of drug-likeness (QED) is 0.640. The summed E-state index contributed by atoms with van der Waals surface area (Å²) in [5.41, 5.74) is 0. The van der Waals surface area contributed by atoms with Crippen LogP contribution in [-0.4, -0.2) is 35.6 Å². The summed E-state index contributed by atoms with van der Waals surface area (Å²) in [5.74, 6) is 0. The first-order chi connectivity index (χ1) is 8.22. The Kier molecular flexibility index (Phi) is 3.90. The molecule has 1 atom stereocenters. The fourth-order valence-electron chi connectivity index (χ4n) is 2.05. The Bertz CT molecular complexity index is 389.